The van der Waals surface area contributed by atoms with E-state index in [-0.39, 0.29) is 16.9 Å². The molecule has 4 aromatic rings. The van der Waals surface area contributed by atoms with Gasteiger partial charge in [0.25, 0.3) is 0 Å². The molecule has 220 valence electrons. The third kappa shape index (κ3) is 4.63. The van der Waals surface area contributed by atoms with Crippen LogP contribution in [-0.2, 0) is 0 Å². The number of nitrogens with zero attached hydrogens (tertiary/aromatic N) is 5. The Morgan fingerprint density at radius 2 is 1.93 bits per heavy atom. The van der Waals surface area contributed by atoms with Gasteiger partial charge in [-0.2, -0.15) is 9.97 Å². The molecule has 2 aromatic heterocycles. The molecule has 42 heavy (non-hydrogen) atoms. The van der Waals surface area contributed by atoms with Crippen LogP contribution in [0.3, 0.4) is 0 Å². The minimum Gasteiger partial charge on any atom is -0.461 e. The zero-order valence-electron chi connectivity index (χ0n) is 24.8. The monoisotopic (exact) mass is 586 g/mol. The fourth-order valence-electron chi connectivity index (χ4n) is 7.63. The molecule has 2 saturated heterocycles. The van der Waals surface area contributed by atoms with Crippen LogP contribution in [0, 0.1) is 11.7 Å². The van der Waals surface area contributed by atoms with E-state index in [4.69, 9.17) is 19.7 Å². The molecule has 1 unspecified atom stereocenters. The molecule has 3 fully saturated rings. The van der Waals surface area contributed by atoms with Gasteiger partial charge in [0.1, 0.15) is 18.2 Å². The molecule has 0 amide bonds. The predicted octanol–water partition coefficient (Wildman–Crippen LogP) is 5.63. The Bertz CT molecular complexity index is 1650. The Labute approximate surface area is 249 Å². The molecule has 1 N–H and O–H groups in total. The van der Waals surface area contributed by atoms with Crippen molar-refractivity contribution in [1.82, 2.24) is 24.8 Å². The number of aromatic nitrogens is 3. The second kappa shape index (κ2) is 10.7. The summed E-state index contributed by atoms with van der Waals surface area (Å²) in [7, 11) is 7.13. The summed E-state index contributed by atoms with van der Waals surface area (Å²) in [5, 5.41) is 6.71. The Morgan fingerprint density at radius 3 is 2.69 bits per heavy atom. The normalized spacial score (nSPS) is 23.4. The molecule has 0 radical (unpaired) electrons. The summed E-state index contributed by atoms with van der Waals surface area (Å²) >= 11 is 0. The molecular formula is C33H40FN6OP. The average Bonchev–Trinajstić information content (AvgIpc) is 3.47. The molecule has 0 spiro atoms. The number of fused-ring (bicyclic) bond motifs is 3. The first-order valence-corrected chi connectivity index (χ1v) is 15.8. The Kier molecular flexibility index (Phi) is 7.07. The zero-order chi connectivity index (χ0) is 29.1. The molecule has 3 atom stereocenters. The number of pyridine rings is 1. The van der Waals surface area contributed by atoms with Crippen LogP contribution in [0.25, 0.3) is 32.9 Å². The van der Waals surface area contributed by atoms with E-state index in [2.05, 4.69) is 45.4 Å². The van der Waals surface area contributed by atoms with Gasteiger partial charge in [-0.05, 0) is 76.5 Å². The van der Waals surface area contributed by atoms with E-state index in [9.17, 15) is 0 Å². The molecule has 1 saturated carbocycles. The fraction of sp³-hybridized carbons (Fsp3) is 0.485. The topological polar surface area (TPSA) is 66.4 Å². The molecule has 2 aliphatic heterocycles. The predicted molar refractivity (Wildman–Crippen MR) is 171 cm³/mol. The number of rotatable bonds is 8. The van der Waals surface area contributed by atoms with Crippen LogP contribution in [0.4, 0.5) is 10.2 Å². The standard InChI is InChI=1S/C33H40FN6OP/c1-21-16-33(14-7-15-40(33)18-21)20-41-31-37-28-24(30(38-31)36-19-32(39(2)3)12-6-13-32)17-35-27(29(28)42)23-10-4-8-22-9-5-11-25(34)26(22)23/h4-5,8-11,17,21H,6-7,12-16,18-20,42H2,1-3H3,(H,36,37,38)/t21-,33+/m1/s1. The summed E-state index contributed by atoms with van der Waals surface area (Å²) in [6, 6.07) is 11.4. The lowest BCUT2D eigenvalue weighted by Crippen LogP contribution is -2.54. The number of hydrogen-bond acceptors (Lipinski definition) is 7. The van der Waals surface area contributed by atoms with E-state index in [1.165, 1.54) is 18.9 Å². The van der Waals surface area contributed by atoms with Crippen molar-refractivity contribution in [3.63, 3.8) is 0 Å². The Hall–Kier alpha value is -2.93. The highest BCUT2D eigenvalue weighted by Gasteiger charge is 2.48. The van der Waals surface area contributed by atoms with Crippen LogP contribution in [0.2, 0.25) is 0 Å². The maximum absolute atomic E-state index is 15.1. The number of nitrogens with one attached hydrogen (secondary N) is 1. The first-order chi connectivity index (χ1) is 20.3. The first-order valence-electron chi connectivity index (χ1n) is 15.2. The molecule has 3 aliphatic rings. The molecule has 9 heteroatoms. The highest BCUT2D eigenvalue weighted by Crippen LogP contribution is 2.42. The molecule has 4 heterocycles. The van der Waals surface area contributed by atoms with Crippen molar-refractivity contribution in [2.45, 2.75) is 56.5 Å². The molecular weight excluding hydrogens is 546 g/mol. The van der Waals surface area contributed by atoms with E-state index < -0.39 is 0 Å². The Balaban J connectivity index is 1.30. The molecule has 7 rings (SSSR count). The smallest absolute Gasteiger partial charge is 0.319 e. The summed E-state index contributed by atoms with van der Waals surface area (Å²) < 4.78 is 21.6. The molecule has 7 nitrogen and oxygen atoms in total. The van der Waals surface area contributed by atoms with Gasteiger partial charge < -0.3 is 15.0 Å². The summed E-state index contributed by atoms with van der Waals surface area (Å²) in [5.74, 6) is 1.14. The summed E-state index contributed by atoms with van der Waals surface area (Å²) in [4.78, 5) is 19.7. The van der Waals surface area contributed by atoms with Crippen molar-refractivity contribution in [1.29, 1.82) is 0 Å². The van der Waals surface area contributed by atoms with Gasteiger partial charge in [0.2, 0.25) is 0 Å². The first kappa shape index (κ1) is 27.9. The fourth-order valence-corrected chi connectivity index (χ4v) is 8.08. The van der Waals surface area contributed by atoms with Crippen LogP contribution in [-0.4, -0.2) is 76.2 Å². The number of halogens is 1. The maximum atomic E-state index is 15.1. The van der Waals surface area contributed by atoms with Crippen LogP contribution in [0.1, 0.15) is 45.4 Å². The summed E-state index contributed by atoms with van der Waals surface area (Å²) in [6.45, 7) is 5.97. The van der Waals surface area contributed by atoms with E-state index in [1.807, 2.05) is 30.5 Å². The van der Waals surface area contributed by atoms with Crippen molar-refractivity contribution in [2.75, 3.05) is 45.7 Å². The van der Waals surface area contributed by atoms with Crippen molar-refractivity contribution in [3.05, 3.63) is 48.4 Å². The molecule has 1 aliphatic carbocycles. The van der Waals surface area contributed by atoms with Crippen molar-refractivity contribution in [3.8, 4) is 17.3 Å². The van der Waals surface area contributed by atoms with Gasteiger partial charge in [-0.25, -0.2) is 4.39 Å². The largest absolute Gasteiger partial charge is 0.461 e. The number of benzene rings is 2. The van der Waals surface area contributed by atoms with Crippen LogP contribution < -0.4 is 15.4 Å². The quantitative estimate of drug-likeness (QED) is 0.268. The van der Waals surface area contributed by atoms with Crippen LogP contribution in [0.5, 0.6) is 6.01 Å². The lowest BCUT2D eigenvalue weighted by molar-refractivity contribution is 0.0738. The van der Waals surface area contributed by atoms with E-state index >= 15 is 4.39 Å². The third-order valence-electron chi connectivity index (χ3n) is 10.2. The maximum Gasteiger partial charge on any atom is 0.319 e. The van der Waals surface area contributed by atoms with Gasteiger partial charge in [0.05, 0.1) is 22.1 Å². The third-order valence-corrected chi connectivity index (χ3v) is 10.7. The van der Waals surface area contributed by atoms with Crippen molar-refractivity contribution in [2.24, 2.45) is 5.92 Å². The number of hydrogen-bond donors (Lipinski definition) is 1. The zero-order valence-corrected chi connectivity index (χ0v) is 25.9. The summed E-state index contributed by atoms with van der Waals surface area (Å²) in [6.07, 6.45) is 8.87. The van der Waals surface area contributed by atoms with Gasteiger partial charge in [0.15, 0.2) is 0 Å². The van der Waals surface area contributed by atoms with Gasteiger partial charge in [-0.1, -0.05) is 37.3 Å². The number of anilines is 1. The SMILES string of the molecule is C[C@H]1CN2CCC[C@@]2(COc2nc(NCC3(N(C)C)CCC3)c3cnc(-c4cccc5cccc(F)c45)c(P)c3n2)C1. The van der Waals surface area contributed by atoms with E-state index in [1.54, 1.807) is 6.07 Å². The van der Waals surface area contributed by atoms with Gasteiger partial charge >= 0.3 is 6.01 Å². The van der Waals surface area contributed by atoms with Crippen LogP contribution in [0.15, 0.2) is 42.6 Å². The lowest BCUT2D eigenvalue weighted by Gasteiger charge is -2.47. The minimum atomic E-state index is -0.260. The minimum absolute atomic E-state index is 0.0694. The van der Waals surface area contributed by atoms with Gasteiger partial charge in [-0.15, -0.1) is 9.24 Å². The summed E-state index contributed by atoms with van der Waals surface area (Å²) in [5.41, 5.74) is 2.36. The van der Waals surface area contributed by atoms with Crippen LogP contribution >= 0.6 is 9.24 Å². The van der Waals surface area contributed by atoms with Crippen molar-refractivity contribution < 1.29 is 9.13 Å². The number of likely N-dealkylation sites (N-methyl/N-ethyl adjacent to an activating group) is 1. The van der Waals surface area contributed by atoms with Crippen molar-refractivity contribution >= 4 is 42.0 Å². The molecule has 2 aromatic carbocycles. The highest BCUT2D eigenvalue weighted by atomic mass is 31.0. The van der Waals surface area contributed by atoms with E-state index in [0.717, 1.165) is 78.3 Å². The van der Waals surface area contributed by atoms with Gasteiger partial charge in [-0.3, -0.25) is 9.88 Å². The second-order valence-electron chi connectivity index (χ2n) is 13.0. The highest BCUT2D eigenvalue weighted by molar-refractivity contribution is 7.28. The van der Waals surface area contributed by atoms with E-state index in [0.29, 0.717) is 29.6 Å². The molecule has 0 bridgehead atoms. The Morgan fingerprint density at radius 1 is 1.12 bits per heavy atom. The lowest BCUT2D eigenvalue weighted by atomic mass is 9.75. The average molecular weight is 587 g/mol. The number of ether oxygens (including phenoxy) is 1. The van der Waals surface area contributed by atoms with Gasteiger partial charge in [0, 0.05) is 41.1 Å². The second-order valence-corrected chi connectivity index (χ2v) is 13.6.